The van der Waals surface area contributed by atoms with Gasteiger partial charge >= 0.3 is 0 Å². The van der Waals surface area contributed by atoms with Crippen LogP contribution in [0.25, 0.3) is 22.2 Å². The topological polar surface area (TPSA) is 132 Å². The summed E-state index contributed by atoms with van der Waals surface area (Å²) in [5.74, 6) is -0.430. The van der Waals surface area contributed by atoms with Gasteiger partial charge in [-0.2, -0.15) is 4.72 Å². The Balaban J connectivity index is 0.997. The van der Waals surface area contributed by atoms with E-state index in [2.05, 4.69) is 25.7 Å². The average molecular weight is 807 g/mol. The van der Waals surface area contributed by atoms with Gasteiger partial charge in [-0.1, -0.05) is 133 Å². The van der Waals surface area contributed by atoms with E-state index in [-0.39, 0.29) is 36.7 Å². The summed E-state index contributed by atoms with van der Waals surface area (Å²) >= 11 is 0. The Kier molecular flexibility index (Phi) is 12.1. The molecule has 0 spiro atoms. The number of para-hydroxylation sites is 2. The first kappa shape index (κ1) is 39.9. The minimum absolute atomic E-state index is 0.0272. The van der Waals surface area contributed by atoms with Crippen LogP contribution in [-0.4, -0.2) is 41.1 Å². The number of ether oxygens (including phenoxy) is 2. The second kappa shape index (κ2) is 17.9. The van der Waals surface area contributed by atoms with Crippen LogP contribution in [0.1, 0.15) is 52.2 Å². The smallest absolute Gasteiger partial charge is 0.241 e. The van der Waals surface area contributed by atoms with Crippen molar-refractivity contribution in [2.75, 3.05) is 0 Å². The van der Waals surface area contributed by atoms with Crippen LogP contribution < -0.4 is 10.0 Å². The Bertz CT molecular complexity index is 2610. The summed E-state index contributed by atoms with van der Waals surface area (Å²) in [5.41, 5.74) is 9.18. The number of nitrogens with zero attached hydrogens (tertiary/aromatic N) is 2. The number of sulfonamides is 1. The number of hydrogen-bond donors (Lipinski definition) is 3. The van der Waals surface area contributed by atoms with Crippen LogP contribution >= 0.6 is 0 Å². The predicted octanol–water partition coefficient (Wildman–Crippen LogP) is 7.96. The molecular formula is C48H46N4O6S. The lowest BCUT2D eigenvalue weighted by Crippen LogP contribution is -2.47. The van der Waals surface area contributed by atoms with Crippen LogP contribution in [0.3, 0.4) is 0 Å². The Hall–Kier alpha value is -5.95. The Morgan fingerprint density at radius 3 is 2.25 bits per heavy atom. The van der Waals surface area contributed by atoms with Crippen molar-refractivity contribution in [3.05, 3.63) is 191 Å². The molecule has 1 fully saturated rings. The predicted molar refractivity (Wildman–Crippen MR) is 227 cm³/mol. The second-order valence-corrected chi connectivity index (χ2v) is 16.6. The van der Waals surface area contributed by atoms with Crippen LogP contribution in [0.15, 0.2) is 163 Å². The van der Waals surface area contributed by atoms with Crippen LogP contribution in [0, 0.1) is 6.92 Å². The Morgan fingerprint density at radius 1 is 0.797 bits per heavy atom. The molecule has 3 N–H and O–H groups in total. The lowest BCUT2D eigenvalue weighted by molar-refractivity contribution is -0.252. The van der Waals surface area contributed by atoms with E-state index < -0.39 is 28.3 Å². The highest BCUT2D eigenvalue weighted by atomic mass is 32.2. The van der Waals surface area contributed by atoms with Crippen molar-refractivity contribution in [3.63, 3.8) is 0 Å². The Labute approximate surface area is 344 Å². The molecule has 2 heterocycles. The summed E-state index contributed by atoms with van der Waals surface area (Å²) in [6, 6.07) is 46.6. The highest BCUT2D eigenvalue weighted by molar-refractivity contribution is 7.89. The normalized spacial score (nSPS) is 17.4. The molecule has 0 aliphatic carbocycles. The SMILES string of the molecule is Cc1ccc(S(=O)(=O)N[C@H](Cc2ccccc2)C(=O)NCc2ccccc2-c2ccc([C@H]3O[C@@H](Cn4cnc5ccccc54)C[C@@H](c4ccc(CO)cc4)O3)cc2)cc1. The number of aliphatic hydroxyl groups is 1. The third kappa shape index (κ3) is 9.52. The number of imidazole rings is 1. The van der Waals surface area contributed by atoms with Gasteiger partial charge in [0.05, 0.1) is 47.6 Å². The van der Waals surface area contributed by atoms with E-state index in [4.69, 9.17) is 9.47 Å². The highest BCUT2D eigenvalue weighted by Gasteiger charge is 2.33. The number of nitrogens with one attached hydrogen (secondary N) is 2. The van der Waals surface area contributed by atoms with Crippen molar-refractivity contribution < 1.29 is 27.8 Å². The summed E-state index contributed by atoms with van der Waals surface area (Å²) in [7, 11) is -3.98. The minimum Gasteiger partial charge on any atom is -0.392 e. The van der Waals surface area contributed by atoms with E-state index in [1.807, 2.05) is 135 Å². The number of aromatic nitrogens is 2. The molecule has 11 heteroatoms. The summed E-state index contributed by atoms with van der Waals surface area (Å²) in [5, 5.41) is 12.6. The van der Waals surface area contributed by atoms with Gasteiger partial charge in [0, 0.05) is 18.5 Å². The first-order valence-corrected chi connectivity index (χ1v) is 21.2. The van der Waals surface area contributed by atoms with E-state index in [1.165, 1.54) is 0 Å². The highest BCUT2D eigenvalue weighted by Crippen LogP contribution is 2.39. The zero-order chi connectivity index (χ0) is 40.8. The zero-order valence-electron chi connectivity index (χ0n) is 32.6. The fraction of sp³-hybridized carbons (Fsp3) is 0.208. The molecule has 59 heavy (non-hydrogen) atoms. The van der Waals surface area contributed by atoms with E-state index in [9.17, 15) is 18.3 Å². The van der Waals surface area contributed by atoms with Crippen molar-refractivity contribution >= 4 is 27.0 Å². The van der Waals surface area contributed by atoms with Gasteiger partial charge in [-0.25, -0.2) is 13.4 Å². The first-order valence-electron chi connectivity index (χ1n) is 19.7. The second-order valence-electron chi connectivity index (χ2n) is 14.9. The molecule has 1 aliphatic rings. The maximum absolute atomic E-state index is 13.8. The molecule has 1 aliphatic heterocycles. The molecule has 7 aromatic rings. The lowest BCUT2D eigenvalue weighted by Gasteiger charge is -2.36. The summed E-state index contributed by atoms with van der Waals surface area (Å²) in [6.07, 6.45) is 1.62. The van der Waals surface area contributed by atoms with Gasteiger partial charge in [-0.15, -0.1) is 0 Å². The van der Waals surface area contributed by atoms with E-state index in [0.29, 0.717) is 13.0 Å². The summed E-state index contributed by atoms with van der Waals surface area (Å²) in [4.78, 5) is 18.5. The van der Waals surface area contributed by atoms with Gasteiger partial charge in [0.25, 0.3) is 0 Å². The van der Waals surface area contributed by atoms with Crippen LogP contribution in [0.2, 0.25) is 0 Å². The fourth-order valence-corrected chi connectivity index (χ4v) is 8.70. The monoisotopic (exact) mass is 806 g/mol. The van der Waals surface area contributed by atoms with Crippen LogP contribution in [-0.2, 0) is 50.4 Å². The summed E-state index contributed by atoms with van der Waals surface area (Å²) in [6.45, 7) is 2.65. The molecule has 10 nitrogen and oxygen atoms in total. The van der Waals surface area contributed by atoms with Crippen molar-refractivity contribution in [1.29, 1.82) is 0 Å². The zero-order valence-corrected chi connectivity index (χ0v) is 33.5. The van der Waals surface area contributed by atoms with Gasteiger partial charge in [0.15, 0.2) is 6.29 Å². The number of benzene rings is 6. The number of fused-ring (bicyclic) bond motifs is 1. The molecule has 8 rings (SSSR count). The number of amides is 1. The van der Waals surface area contributed by atoms with Crippen LogP contribution in [0.4, 0.5) is 0 Å². The standard InChI is InChI=1S/C48H46N4O6S/c1-33-15-25-41(26-16-33)59(55,56)51-44(27-34-9-3-2-4-10-34)47(54)49-29-39-11-5-6-12-42(39)36-21-23-38(24-22-36)48-57-40(30-52-32-50-43-13-7-8-14-45(43)52)28-46(58-48)37-19-17-35(31-53)18-20-37/h2-26,32,40,44,46,48,51,53H,27-31H2,1H3,(H,49,54)/t40-,44-,46+,48+/m1/s1. The third-order valence-corrected chi connectivity index (χ3v) is 12.2. The number of hydrogen-bond acceptors (Lipinski definition) is 7. The molecule has 0 bridgehead atoms. The van der Waals surface area contributed by atoms with Gasteiger partial charge in [-0.3, -0.25) is 4.79 Å². The fourth-order valence-electron chi connectivity index (χ4n) is 7.50. The largest absolute Gasteiger partial charge is 0.392 e. The van der Waals surface area contributed by atoms with Crippen LogP contribution in [0.5, 0.6) is 0 Å². The molecule has 6 aromatic carbocycles. The molecule has 300 valence electrons. The van der Waals surface area contributed by atoms with Crippen molar-refractivity contribution in [3.8, 4) is 11.1 Å². The summed E-state index contributed by atoms with van der Waals surface area (Å²) < 4.78 is 44.9. The maximum Gasteiger partial charge on any atom is 0.241 e. The van der Waals surface area contributed by atoms with E-state index >= 15 is 0 Å². The van der Waals surface area contributed by atoms with Gasteiger partial charge in [0.2, 0.25) is 15.9 Å². The van der Waals surface area contributed by atoms with Gasteiger partial charge in [-0.05, 0) is 71.0 Å². The van der Waals surface area contributed by atoms with Gasteiger partial charge < -0.3 is 24.5 Å². The molecule has 4 atom stereocenters. The van der Waals surface area contributed by atoms with Crippen molar-refractivity contribution in [1.82, 2.24) is 19.6 Å². The molecular weight excluding hydrogens is 761 g/mol. The quantitative estimate of drug-likeness (QED) is 0.102. The van der Waals surface area contributed by atoms with E-state index in [1.54, 1.807) is 24.3 Å². The van der Waals surface area contributed by atoms with Crippen molar-refractivity contribution in [2.24, 2.45) is 0 Å². The lowest BCUT2D eigenvalue weighted by atomic mass is 9.97. The molecule has 1 amide bonds. The van der Waals surface area contributed by atoms with E-state index in [0.717, 1.165) is 55.5 Å². The third-order valence-electron chi connectivity index (χ3n) is 10.7. The minimum atomic E-state index is -3.98. The van der Waals surface area contributed by atoms with Gasteiger partial charge in [0.1, 0.15) is 6.04 Å². The number of aliphatic hydroxyl groups excluding tert-OH is 1. The number of carbonyl (C=O) groups is 1. The first-order chi connectivity index (χ1) is 28.7. The average Bonchev–Trinajstić information content (AvgIpc) is 3.68. The molecule has 0 unspecified atom stereocenters. The molecule has 0 saturated carbocycles. The Morgan fingerprint density at radius 2 is 1.49 bits per heavy atom. The molecule has 0 radical (unpaired) electrons. The number of aryl methyl sites for hydroxylation is 1. The number of carbonyl (C=O) groups excluding carboxylic acids is 1. The molecule has 1 aromatic heterocycles. The maximum atomic E-state index is 13.8. The number of rotatable bonds is 14. The van der Waals surface area contributed by atoms with Crippen molar-refractivity contribution in [2.45, 2.75) is 68.9 Å². The molecule has 1 saturated heterocycles.